The third-order valence-electron chi connectivity index (χ3n) is 4.65. The van der Waals surface area contributed by atoms with E-state index in [-0.39, 0.29) is 17.7 Å². The summed E-state index contributed by atoms with van der Waals surface area (Å²) in [4.78, 5) is 27.5. The van der Waals surface area contributed by atoms with Gasteiger partial charge < -0.3 is 10.3 Å². The van der Waals surface area contributed by atoms with E-state index in [1.165, 1.54) is 6.92 Å². The fourth-order valence-corrected chi connectivity index (χ4v) is 3.48. The summed E-state index contributed by atoms with van der Waals surface area (Å²) in [5.74, 6) is -0.235. The van der Waals surface area contributed by atoms with Gasteiger partial charge in [-0.3, -0.25) is 9.59 Å². The SMILES string of the molecule is CC(=O)c1c(C)[nH]c(C(=O)NC(C)c2cccc3ccccc23)c1C. The molecule has 1 unspecified atom stereocenters. The van der Waals surface area contributed by atoms with Crippen molar-refractivity contribution in [3.63, 3.8) is 0 Å². The fraction of sp³-hybridized carbons (Fsp3) is 0.238. The first-order valence-electron chi connectivity index (χ1n) is 8.38. The van der Waals surface area contributed by atoms with Crippen molar-refractivity contribution in [3.05, 3.63) is 70.5 Å². The van der Waals surface area contributed by atoms with Crippen molar-refractivity contribution in [2.75, 3.05) is 0 Å². The zero-order valence-corrected chi connectivity index (χ0v) is 14.9. The maximum atomic E-state index is 12.7. The number of aromatic amines is 1. The summed E-state index contributed by atoms with van der Waals surface area (Å²) >= 11 is 0. The molecule has 0 saturated heterocycles. The topological polar surface area (TPSA) is 62.0 Å². The van der Waals surface area contributed by atoms with Crippen LogP contribution in [0.2, 0.25) is 0 Å². The first-order valence-corrected chi connectivity index (χ1v) is 8.38. The molecular weight excluding hydrogens is 312 g/mol. The van der Waals surface area contributed by atoms with Gasteiger partial charge >= 0.3 is 0 Å². The second kappa shape index (κ2) is 6.55. The average molecular weight is 334 g/mol. The van der Waals surface area contributed by atoms with E-state index in [4.69, 9.17) is 0 Å². The molecule has 0 saturated carbocycles. The molecule has 3 rings (SSSR count). The minimum Gasteiger partial charge on any atom is -0.354 e. The lowest BCUT2D eigenvalue weighted by atomic mass is 9.99. The lowest BCUT2D eigenvalue weighted by Crippen LogP contribution is -2.27. The van der Waals surface area contributed by atoms with Crippen LogP contribution in [0.4, 0.5) is 0 Å². The van der Waals surface area contributed by atoms with E-state index < -0.39 is 0 Å². The van der Waals surface area contributed by atoms with Crippen LogP contribution in [0.1, 0.15) is 57.6 Å². The van der Waals surface area contributed by atoms with Crippen LogP contribution in [-0.4, -0.2) is 16.7 Å². The molecule has 0 spiro atoms. The standard InChI is InChI=1S/C21H22N2O2/c1-12-19(15(4)24)14(3)22-20(12)21(25)23-13(2)17-11-7-9-16-8-5-6-10-18(16)17/h5-11,13,22H,1-4H3,(H,23,25). The van der Waals surface area contributed by atoms with Crippen molar-refractivity contribution in [2.45, 2.75) is 33.7 Å². The van der Waals surface area contributed by atoms with E-state index in [1.54, 1.807) is 6.92 Å². The van der Waals surface area contributed by atoms with E-state index in [2.05, 4.69) is 28.5 Å². The number of hydrogen-bond donors (Lipinski definition) is 2. The summed E-state index contributed by atoms with van der Waals surface area (Å²) in [6, 6.07) is 14.1. The van der Waals surface area contributed by atoms with Crippen LogP contribution in [0.5, 0.6) is 0 Å². The first-order chi connectivity index (χ1) is 11.9. The molecule has 0 aliphatic rings. The molecule has 1 atom stereocenters. The minimum atomic E-state index is -0.200. The van der Waals surface area contributed by atoms with Gasteiger partial charge in [0.25, 0.3) is 5.91 Å². The van der Waals surface area contributed by atoms with Crippen LogP contribution < -0.4 is 5.32 Å². The predicted molar refractivity (Wildman–Crippen MR) is 100 cm³/mol. The second-order valence-corrected chi connectivity index (χ2v) is 6.44. The summed E-state index contributed by atoms with van der Waals surface area (Å²) in [6.07, 6.45) is 0. The summed E-state index contributed by atoms with van der Waals surface area (Å²) in [5.41, 5.74) is 3.55. The first kappa shape index (κ1) is 17.0. The highest BCUT2D eigenvalue weighted by Crippen LogP contribution is 2.25. The number of benzene rings is 2. The zero-order valence-electron chi connectivity index (χ0n) is 14.9. The van der Waals surface area contributed by atoms with Gasteiger partial charge in [-0.2, -0.15) is 0 Å². The third kappa shape index (κ3) is 3.07. The Hall–Kier alpha value is -2.88. The largest absolute Gasteiger partial charge is 0.354 e. The fourth-order valence-electron chi connectivity index (χ4n) is 3.48. The van der Waals surface area contributed by atoms with Crippen molar-refractivity contribution < 1.29 is 9.59 Å². The van der Waals surface area contributed by atoms with E-state index >= 15 is 0 Å². The molecule has 3 aromatic rings. The van der Waals surface area contributed by atoms with E-state index in [1.807, 2.05) is 38.1 Å². The average Bonchev–Trinajstić information content (AvgIpc) is 2.88. The molecule has 25 heavy (non-hydrogen) atoms. The molecule has 0 radical (unpaired) electrons. The molecule has 2 aromatic carbocycles. The molecule has 0 fully saturated rings. The van der Waals surface area contributed by atoms with Gasteiger partial charge in [0.15, 0.2) is 5.78 Å². The van der Waals surface area contributed by atoms with Crippen molar-refractivity contribution in [2.24, 2.45) is 0 Å². The molecule has 0 aliphatic carbocycles. The molecule has 1 aromatic heterocycles. The number of fused-ring (bicyclic) bond motifs is 1. The minimum absolute atomic E-state index is 0.0348. The number of amides is 1. The van der Waals surface area contributed by atoms with Gasteiger partial charge in [0.05, 0.1) is 6.04 Å². The summed E-state index contributed by atoms with van der Waals surface area (Å²) in [5, 5.41) is 5.32. The van der Waals surface area contributed by atoms with Crippen molar-refractivity contribution in [1.29, 1.82) is 0 Å². The molecule has 1 amide bonds. The normalized spacial score (nSPS) is 12.2. The number of hydrogen-bond acceptors (Lipinski definition) is 2. The van der Waals surface area contributed by atoms with Crippen LogP contribution in [0.15, 0.2) is 42.5 Å². The number of Topliss-reactive ketones (excluding diaryl/α,β-unsaturated/α-hetero) is 1. The summed E-state index contributed by atoms with van der Waals surface area (Å²) < 4.78 is 0. The lowest BCUT2D eigenvalue weighted by molar-refractivity contribution is 0.0934. The van der Waals surface area contributed by atoms with Crippen molar-refractivity contribution in [3.8, 4) is 0 Å². The number of nitrogens with one attached hydrogen (secondary N) is 2. The van der Waals surface area contributed by atoms with Gasteiger partial charge in [-0.05, 0) is 49.6 Å². The molecule has 128 valence electrons. The highest BCUT2D eigenvalue weighted by atomic mass is 16.2. The van der Waals surface area contributed by atoms with Gasteiger partial charge in [-0.15, -0.1) is 0 Å². The quantitative estimate of drug-likeness (QED) is 0.691. The number of aromatic nitrogens is 1. The smallest absolute Gasteiger partial charge is 0.268 e. The molecule has 0 bridgehead atoms. The number of aryl methyl sites for hydroxylation is 1. The Kier molecular flexibility index (Phi) is 4.45. The summed E-state index contributed by atoms with van der Waals surface area (Å²) in [6.45, 7) is 7.10. The summed E-state index contributed by atoms with van der Waals surface area (Å²) in [7, 11) is 0. The van der Waals surface area contributed by atoms with Gasteiger partial charge in [0.1, 0.15) is 5.69 Å². The molecular formula is C21H22N2O2. The van der Waals surface area contributed by atoms with Crippen molar-refractivity contribution >= 4 is 22.5 Å². The number of carbonyl (C=O) groups is 2. The van der Waals surface area contributed by atoms with Crippen LogP contribution in [0, 0.1) is 13.8 Å². The molecule has 1 heterocycles. The van der Waals surface area contributed by atoms with E-state index in [9.17, 15) is 9.59 Å². The molecule has 2 N–H and O–H groups in total. The number of rotatable bonds is 4. The van der Waals surface area contributed by atoms with Gasteiger partial charge in [-0.25, -0.2) is 0 Å². The molecule has 4 nitrogen and oxygen atoms in total. The molecule has 4 heteroatoms. The number of ketones is 1. The third-order valence-corrected chi connectivity index (χ3v) is 4.65. The number of carbonyl (C=O) groups excluding carboxylic acids is 2. The monoisotopic (exact) mass is 334 g/mol. The Balaban J connectivity index is 1.91. The Morgan fingerprint density at radius 3 is 2.40 bits per heavy atom. The predicted octanol–water partition coefficient (Wildman–Crippen LogP) is 4.48. The van der Waals surface area contributed by atoms with Crippen LogP contribution in [-0.2, 0) is 0 Å². The highest BCUT2D eigenvalue weighted by molar-refractivity contribution is 6.02. The Bertz CT molecular complexity index is 964. The van der Waals surface area contributed by atoms with Crippen molar-refractivity contribution in [1.82, 2.24) is 10.3 Å². The lowest BCUT2D eigenvalue weighted by Gasteiger charge is -2.16. The van der Waals surface area contributed by atoms with Crippen LogP contribution in [0.25, 0.3) is 10.8 Å². The van der Waals surface area contributed by atoms with Crippen LogP contribution in [0.3, 0.4) is 0 Å². The van der Waals surface area contributed by atoms with Gasteiger partial charge in [0.2, 0.25) is 0 Å². The van der Waals surface area contributed by atoms with Crippen LogP contribution >= 0.6 is 0 Å². The Morgan fingerprint density at radius 1 is 1.04 bits per heavy atom. The second-order valence-electron chi connectivity index (χ2n) is 6.44. The Labute approximate surface area is 147 Å². The zero-order chi connectivity index (χ0) is 18.1. The number of H-pyrrole nitrogens is 1. The maximum Gasteiger partial charge on any atom is 0.268 e. The van der Waals surface area contributed by atoms with E-state index in [0.717, 1.165) is 22.0 Å². The Morgan fingerprint density at radius 2 is 1.72 bits per heavy atom. The van der Waals surface area contributed by atoms with Gasteiger partial charge in [0, 0.05) is 11.3 Å². The highest BCUT2D eigenvalue weighted by Gasteiger charge is 2.21. The van der Waals surface area contributed by atoms with E-state index in [0.29, 0.717) is 16.8 Å². The van der Waals surface area contributed by atoms with Gasteiger partial charge in [-0.1, -0.05) is 42.5 Å². The maximum absolute atomic E-state index is 12.7. The molecule has 0 aliphatic heterocycles.